The van der Waals surface area contributed by atoms with E-state index < -0.39 is 0 Å². The van der Waals surface area contributed by atoms with Crippen molar-refractivity contribution in [1.29, 1.82) is 0 Å². The Bertz CT molecular complexity index is 658. The van der Waals surface area contributed by atoms with Crippen molar-refractivity contribution in [2.24, 2.45) is 5.73 Å². The number of methoxy groups -OCH3 is 1. The van der Waals surface area contributed by atoms with Crippen molar-refractivity contribution in [3.63, 3.8) is 0 Å². The molecule has 104 valence electrons. The zero-order valence-corrected chi connectivity index (χ0v) is 13.6. The molecule has 0 amide bonds. The molecule has 3 nitrogen and oxygen atoms in total. The molecule has 20 heavy (non-hydrogen) atoms. The molecule has 0 bridgehead atoms. The van der Waals surface area contributed by atoms with Crippen molar-refractivity contribution in [2.75, 3.05) is 12.4 Å². The van der Waals surface area contributed by atoms with Gasteiger partial charge in [0.15, 0.2) is 0 Å². The number of thiocarbonyl (C=S) groups is 1. The highest BCUT2D eigenvalue weighted by atomic mass is 79.9. The molecule has 5 heteroatoms. The molecular formula is C15H15BrN2OS. The molecule has 2 rings (SSSR count). The van der Waals surface area contributed by atoms with Crippen LogP contribution in [0, 0.1) is 6.92 Å². The molecule has 2 aromatic rings. The Morgan fingerprint density at radius 3 is 2.65 bits per heavy atom. The Morgan fingerprint density at radius 2 is 2.00 bits per heavy atom. The minimum Gasteiger partial charge on any atom is -0.497 e. The monoisotopic (exact) mass is 350 g/mol. The predicted molar refractivity (Wildman–Crippen MR) is 91.0 cm³/mol. The molecule has 0 spiro atoms. The van der Waals surface area contributed by atoms with Gasteiger partial charge < -0.3 is 15.8 Å². The molecule has 0 aliphatic carbocycles. The van der Waals surface area contributed by atoms with Gasteiger partial charge in [0.2, 0.25) is 0 Å². The van der Waals surface area contributed by atoms with Crippen LogP contribution in [-0.2, 0) is 0 Å². The van der Waals surface area contributed by atoms with E-state index in [0.717, 1.165) is 32.7 Å². The first-order chi connectivity index (χ1) is 9.52. The van der Waals surface area contributed by atoms with Crippen molar-refractivity contribution in [3.8, 4) is 5.75 Å². The van der Waals surface area contributed by atoms with Gasteiger partial charge in [0, 0.05) is 16.1 Å². The lowest BCUT2D eigenvalue weighted by atomic mass is 10.1. The van der Waals surface area contributed by atoms with E-state index in [1.54, 1.807) is 7.11 Å². The minimum absolute atomic E-state index is 0.346. The number of halogens is 1. The number of benzene rings is 2. The molecule has 0 unspecified atom stereocenters. The number of hydrogen-bond donors (Lipinski definition) is 2. The van der Waals surface area contributed by atoms with Gasteiger partial charge in [-0.1, -0.05) is 24.4 Å². The summed E-state index contributed by atoms with van der Waals surface area (Å²) in [7, 11) is 1.63. The summed E-state index contributed by atoms with van der Waals surface area (Å²) in [6.07, 6.45) is 0. The molecule has 0 aromatic heterocycles. The third-order valence-electron chi connectivity index (χ3n) is 2.95. The van der Waals surface area contributed by atoms with Crippen LogP contribution in [0.25, 0.3) is 0 Å². The van der Waals surface area contributed by atoms with Gasteiger partial charge in [-0.15, -0.1) is 0 Å². The molecule has 0 saturated heterocycles. The van der Waals surface area contributed by atoms with E-state index in [-0.39, 0.29) is 0 Å². The van der Waals surface area contributed by atoms with Gasteiger partial charge in [0.25, 0.3) is 0 Å². The SMILES string of the molecule is COc1ccc(C(N)=S)c(Nc2cccc(C)c2Br)c1. The summed E-state index contributed by atoms with van der Waals surface area (Å²) >= 11 is 8.67. The highest BCUT2D eigenvalue weighted by Crippen LogP contribution is 2.31. The van der Waals surface area contributed by atoms with Gasteiger partial charge in [-0.25, -0.2) is 0 Å². The molecule has 3 N–H and O–H groups in total. The molecule has 0 saturated carbocycles. The minimum atomic E-state index is 0.346. The van der Waals surface area contributed by atoms with Gasteiger partial charge in [-0.2, -0.15) is 0 Å². The summed E-state index contributed by atoms with van der Waals surface area (Å²) in [6.45, 7) is 2.04. The Labute approximate surface area is 132 Å². The summed E-state index contributed by atoms with van der Waals surface area (Å²) in [6, 6.07) is 11.6. The molecule has 0 fully saturated rings. The fraction of sp³-hybridized carbons (Fsp3) is 0.133. The number of aryl methyl sites for hydroxylation is 1. The Balaban J connectivity index is 2.46. The first-order valence-corrected chi connectivity index (χ1v) is 7.23. The van der Waals surface area contributed by atoms with Crippen LogP contribution >= 0.6 is 28.1 Å². The lowest BCUT2D eigenvalue weighted by molar-refractivity contribution is 0.415. The second kappa shape index (κ2) is 6.24. The molecule has 2 aromatic carbocycles. The summed E-state index contributed by atoms with van der Waals surface area (Å²) in [5.41, 5.74) is 9.48. The normalized spacial score (nSPS) is 10.2. The second-order valence-corrected chi connectivity index (χ2v) is 5.57. The molecule has 0 radical (unpaired) electrons. The zero-order chi connectivity index (χ0) is 14.7. The molecule has 0 aliphatic heterocycles. The predicted octanol–water partition coefficient (Wildman–Crippen LogP) is 4.14. The van der Waals surface area contributed by atoms with Crippen molar-refractivity contribution in [3.05, 3.63) is 52.0 Å². The van der Waals surface area contributed by atoms with Gasteiger partial charge in [-0.05, 0) is 46.6 Å². The topological polar surface area (TPSA) is 47.3 Å². The Hall–Kier alpha value is -1.59. The van der Waals surface area contributed by atoms with Crippen LogP contribution in [0.4, 0.5) is 11.4 Å². The lowest BCUT2D eigenvalue weighted by Gasteiger charge is -2.15. The van der Waals surface area contributed by atoms with E-state index >= 15 is 0 Å². The number of rotatable bonds is 4. The standard InChI is InChI=1S/C15H15BrN2OS/c1-9-4-3-5-12(14(9)16)18-13-8-10(19-2)6-7-11(13)15(17)20/h3-8,18H,1-2H3,(H2,17,20). The second-order valence-electron chi connectivity index (χ2n) is 4.34. The summed E-state index contributed by atoms with van der Waals surface area (Å²) < 4.78 is 6.26. The molecule has 0 atom stereocenters. The maximum absolute atomic E-state index is 5.77. The molecule has 0 aliphatic rings. The first-order valence-electron chi connectivity index (χ1n) is 6.03. The molecule has 0 heterocycles. The Morgan fingerprint density at radius 1 is 1.25 bits per heavy atom. The highest BCUT2D eigenvalue weighted by molar-refractivity contribution is 9.10. The quantitative estimate of drug-likeness (QED) is 0.813. The van der Waals surface area contributed by atoms with Crippen LogP contribution < -0.4 is 15.8 Å². The van der Waals surface area contributed by atoms with Gasteiger partial charge in [-0.3, -0.25) is 0 Å². The Kier molecular flexibility index (Phi) is 4.62. The van der Waals surface area contributed by atoms with E-state index in [2.05, 4.69) is 21.2 Å². The smallest absolute Gasteiger partial charge is 0.120 e. The summed E-state index contributed by atoms with van der Waals surface area (Å²) in [5.74, 6) is 0.747. The van der Waals surface area contributed by atoms with Crippen LogP contribution in [0.2, 0.25) is 0 Å². The number of nitrogens with two attached hydrogens (primary N) is 1. The van der Waals surface area contributed by atoms with Crippen molar-refractivity contribution in [2.45, 2.75) is 6.92 Å². The van der Waals surface area contributed by atoms with E-state index in [1.807, 2.05) is 43.3 Å². The summed E-state index contributed by atoms with van der Waals surface area (Å²) in [4.78, 5) is 0.346. The average Bonchev–Trinajstić information content (AvgIpc) is 2.43. The lowest BCUT2D eigenvalue weighted by Crippen LogP contribution is -2.12. The molecular weight excluding hydrogens is 336 g/mol. The van der Waals surface area contributed by atoms with Crippen LogP contribution in [0.5, 0.6) is 5.75 Å². The first kappa shape index (κ1) is 14.8. The average molecular weight is 351 g/mol. The highest BCUT2D eigenvalue weighted by Gasteiger charge is 2.09. The third-order valence-corrected chi connectivity index (χ3v) is 4.23. The van der Waals surface area contributed by atoms with Crippen molar-refractivity contribution in [1.82, 2.24) is 0 Å². The number of ether oxygens (including phenoxy) is 1. The van der Waals surface area contributed by atoms with Crippen molar-refractivity contribution >= 4 is 44.5 Å². The fourth-order valence-corrected chi connectivity index (χ4v) is 2.40. The number of anilines is 2. The zero-order valence-electron chi connectivity index (χ0n) is 11.2. The fourth-order valence-electron chi connectivity index (χ4n) is 1.86. The number of hydrogen-bond acceptors (Lipinski definition) is 3. The van der Waals surface area contributed by atoms with Crippen LogP contribution in [0.3, 0.4) is 0 Å². The number of nitrogens with one attached hydrogen (secondary N) is 1. The third kappa shape index (κ3) is 3.11. The van der Waals surface area contributed by atoms with E-state index in [9.17, 15) is 0 Å². The van der Waals surface area contributed by atoms with E-state index in [1.165, 1.54) is 0 Å². The van der Waals surface area contributed by atoms with Crippen LogP contribution in [0.1, 0.15) is 11.1 Å². The van der Waals surface area contributed by atoms with Crippen LogP contribution in [-0.4, -0.2) is 12.1 Å². The van der Waals surface area contributed by atoms with E-state index in [4.69, 9.17) is 22.7 Å². The van der Waals surface area contributed by atoms with E-state index in [0.29, 0.717) is 4.99 Å². The van der Waals surface area contributed by atoms with Gasteiger partial charge >= 0.3 is 0 Å². The summed E-state index contributed by atoms with van der Waals surface area (Å²) in [5, 5.41) is 3.34. The van der Waals surface area contributed by atoms with Crippen LogP contribution in [0.15, 0.2) is 40.9 Å². The van der Waals surface area contributed by atoms with Crippen molar-refractivity contribution < 1.29 is 4.74 Å². The maximum Gasteiger partial charge on any atom is 0.120 e. The maximum atomic E-state index is 5.77. The van der Waals surface area contributed by atoms with Gasteiger partial charge in [0.1, 0.15) is 10.7 Å². The largest absolute Gasteiger partial charge is 0.497 e. The van der Waals surface area contributed by atoms with Gasteiger partial charge in [0.05, 0.1) is 18.5 Å².